The summed E-state index contributed by atoms with van der Waals surface area (Å²) in [5, 5.41) is 8.91. The summed E-state index contributed by atoms with van der Waals surface area (Å²) in [5.74, 6) is 0.159. The van der Waals surface area contributed by atoms with E-state index >= 15 is 0 Å². The van der Waals surface area contributed by atoms with Crippen LogP contribution in [-0.4, -0.2) is 26.7 Å². The summed E-state index contributed by atoms with van der Waals surface area (Å²) in [7, 11) is -3.50. The van der Waals surface area contributed by atoms with Crippen LogP contribution in [0.15, 0.2) is 27.6 Å². The molecule has 1 aromatic carbocycles. The van der Waals surface area contributed by atoms with Crippen LogP contribution in [0.2, 0.25) is 0 Å². The van der Waals surface area contributed by atoms with Crippen molar-refractivity contribution in [2.45, 2.75) is 31.6 Å². The number of nitrogens with one attached hydrogen (secondary N) is 1. The minimum atomic E-state index is -3.50. The summed E-state index contributed by atoms with van der Waals surface area (Å²) in [5.41, 5.74) is 0.714. The second-order valence-corrected chi connectivity index (χ2v) is 7.20. The van der Waals surface area contributed by atoms with Crippen molar-refractivity contribution in [1.82, 2.24) is 4.72 Å². The van der Waals surface area contributed by atoms with Gasteiger partial charge in [-0.25, -0.2) is 13.1 Å². The largest absolute Gasteiger partial charge is 0.396 e. The number of aryl methyl sites for hydroxylation is 1. The van der Waals surface area contributed by atoms with Gasteiger partial charge in [0.15, 0.2) is 0 Å². The average molecular weight is 350 g/mol. The van der Waals surface area contributed by atoms with Gasteiger partial charge in [0.1, 0.15) is 0 Å². The Morgan fingerprint density at radius 2 is 2.11 bits per heavy atom. The normalized spacial score (nSPS) is 13.5. The predicted octanol–water partition coefficient (Wildman–Crippen LogP) is 2.44. The number of hydrogen-bond donors (Lipinski definition) is 2. The SMILES string of the molecule is CCC(CCO)CNS(=O)(=O)c1cc(Br)ccc1C. The quantitative estimate of drug-likeness (QED) is 0.794. The van der Waals surface area contributed by atoms with Crippen molar-refractivity contribution in [2.24, 2.45) is 5.92 Å². The van der Waals surface area contributed by atoms with Crippen molar-refractivity contribution in [2.75, 3.05) is 13.2 Å². The number of halogens is 1. The minimum Gasteiger partial charge on any atom is -0.396 e. The highest BCUT2D eigenvalue weighted by atomic mass is 79.9. The number of sulfonamides is 1. The predicted molar refractivity (Wildman–Crippen MR) is 79.6 cm³/mol. The van der Waals surface area contributed by atoms with Gasteiger partial charge in [-0.1, -0.05) is 35.3 Å². The lowest BCUT2D eigenvalue weighted by molar-refractivity contribution is 0.254. The molecule has 0 spiro atoms. The van der Waals surface area contributed by atoms with Crippen LogP contribution in [0.3, 0.4) is 0 Å². The molecule has 0 saturated heterocycles. The van der Waals surface area contributed by atoms with E-state index in [9.17, 15) is 8.42 Å². The first-order valence-electron chi connectivity index (χ1n) is 6.27. The minimum absolute atomic E-state index is 0.0795. The smallest absolute Gasteiger partial charge is 0.240 e. The maximum Gasteiger partial charge on any atom is 0.240 e. The van der Waals surface area contributed by atoms with E-state index in [4.69, 9.17) is 5.11 Å². The molecule has 2 N–H and O–H groups in total. The van der Waals surface area contributed by atoms with Gasteiger partial charge in [-0.15, -0.1) is 0 Å². The summed E-state index contributed by atoms with van der Waals surface area (Å²) < 4.78 is 27.8. The third-order valence-electron chi connectivity index (χ3n) is 3.12. The average Bonchev–Trinajstić information content (AvgIpc) is 2.37. The number of benzene rings is 1. The summed E-state index contributed by atoms with van der Waals surface area (Å²) in [6, 6.07) is 5.18. The fourth-order valence-corrected chi connectivity index (χ4v) is 3.70. The Morgan fingerprint density at radius 1 is 1.42 bits per heavy atom. The van der Waals surface area contributed by atoms with Crippen LogP contribution < -0.4 is 4.72 Å². The van der Waals surface area contributed by atoms with Crippen molar-refractivity contribution in [3.63, 3.8) is 0 Å². The molecule has 0 aliphatic carbocycles. The highest BCUT2D eigenvalue weighted by Gasteiger charge is 2.18. The molecule has 0 saturated carbocycles. The second kappa shape index (κ2) is 7.38. The van der Waals surface area contributed by atoms with E-state index in [1.165, 1.54) is 0 Å². The number of rotatable bonds is 7. The fourth-order valence-electron chi connectivity index (χ4n) is 1.80. The summed E-state index contributed by atoms with van der Waals surface area (Å²) >= 11 is 3.28. The van der Waals surface area contributed by atoms with Gasteiger partial charge in [-0.2, -0.15) is 0 Å². The van der Waals surface area contributed by atoms with Crippen LogP contribution in [-0.2, 0) is 10.0 Å². The molecule has 1 unspecified atom stereocenters. The maximum absolute atomic E-state index is 12.2. The van der Waals surface area contributed by atoms with Crippen molar-refractivity contribution in [3.05, 3.63) is 28.2 Å². The standard InChI is InChI=1S/C13H20BrNO3S/c1-3-11(6-7-16)9-15-19(17,18)13-8-12(14)5-4-10(13)2/h4-5,8,11,15-16H,3,6-7,9H2,1-2H3. The lowest BCUT2D eigenvalue weighted by atomic mass is 10.0. The van der Waals surface area contributed by atoms with Gasteiger partial charge < -0.3 is 5.11 Å². The van der Waals surface area contributed by atoms with E-state index in [-0.39, 0.29) is 12.5 Å². The Bertz CT molecular complexity index is 517. The van der Waals surface area contributed by atoms with Gasteiger partial charge in [0.05, 0.1) is 4.90 Å². The molecule has 0 bridgehead atoms. The van der Waals surface area contributed by atoms with E-state index < -0.39 is 10.0 Å². The summed E-state index contributed by atoms with van der Waals surface area (Å²) in [6.07, 6.45) is 1.44. The van der Waals surface area contributed by atoms with Crippen LogP contribution in [0, 0.1) is 12.8 Å². The molecule has 1 rings (SSSR count). The lowest BCUT2D eigenvalue weighted by Gasteiger charge is -2.15. The number of aliphatic hydroxyl groups excluding tert-OH is 1. The zero-order valence-electron chi connectivity index (χ0n) is 11.2. The van der Waals surface area contributed by atoms with Gasteiger partial charge >= 0.3 is 0 Å². The molecule has 0 aromatic heterocycles. The van der Waals surface area contributed by atoms with Crippen LogP contribution in [0.1, 0.15) is 25.3 Å². The molecule has 0 fully saturated rings. The Hall–Kier alpha value is -0.430. The molecular formula is C13H20BrNO3S. The van der Waals surface area contributed by atoms with Gasteiger partial charge in [-0.05, 0) is 37.0 Å². The third-order valence-corrected chi connectivity index (χ3v) is 5.18. The molecule has 0 heterocycles. The van der Waals surface area contributed by atoms with Crippen molar-refractivity contribution >= 4 is 26.0 Å². The summed E-state index contributed by atoms with van der Waals surface area (Å²) in [6.45, 7) is 4.19. The fraction of sp³-hybridized carbons (Fsp3) is 0.538. The molecule has 1 atom stereocenters. The zero-order valence-corrected chi connectivity index (χ0v) is 13.6. The molecule has 0 amide bonds. The Labute approximate surface area is 123 Å². The van der Waals surface area contributed by atoms with Crippen LogP contribution in [0.5, 0.6) is 0 Å². The van der Waals surface area contributed by atoms with Crippen molar-refractivity contribution < 1.29 is 13.5 Å². The van der Waals surface area contributed by atoms with Crippen LogP contribution in [0.25, 0.3) is 0 Å². The highest BCUT2D eigenvalue weighted by molar-refractivity contribution is 9.10. The maximum atomic E-state index is 12.2. The number of hydrogen-bond acceptors (Lipinski definition) is 3. The molecular weight excluding hydrogens is 330 g/mol. The second-order valence-electron chi connectivity index (χ2n) is 4.55. The first-order valence-corrected chi connectivity index (χ1v) is 8.55. The Kier molecular flexibility index (Phi) is 6.46. The Balaban J connectivity index is 2.83. The topological polar surface area (TPSA) is 66.4 Å². The zero-order chi connectivity index (χ0) is 14.5. The van der Waals surface area contributed by atoms with Gasteiger partial charge in [-0.3, -0.25) is 0 Å². The Morgan fingerprint density at radius 3 is 2.68 bits per heavy atom. The van der Waals surface area contributed by atoms with E-state index in [1.54, 1.807) is 19.1 Å². The molecule has 6 heteroatoms. The first kappa shape index (κ1) is 16.6. The van der Waals surface area contributed by atoms with Crippen molar-refractivity contribution in [1.29, 1.82) is 0 Å². The third kappa shape index (κ3) is 4.87. The lowest BCUT2D eigenvalue weighted by Crippen LogP contribution is -2.30. The molecule has 108 valence electrons. The molecule has 1 aromatic rings. The molecule has 0 aliphatic heterocycles. The molecule has 0 radical (unpaired) electrons. The first-order chi connectivity index (χ1) is 8.90. The molecule has 0 aliphatic rings. The van der Waals surface area contributed by atoms with E-state index in [0.717, 1.165) is 10.9 Å². The monoisotopic (exact) mass is 349 g/mol. The van der Waals surface area contributed by atoms with Crippen molar-refractivity contribution in [3.8, 4) is 0 Å². The van der Waals surface area contributed by atoms with E-state index in [1.807, 2.05) is 13.0 Å². The molecule has 19 heavy (non-hydrogen) atoms. The van der Waals surface area contributed by atoms with Gasteiger partial charge in [0.2, 0.25) is 10.0 Å². The van der Waals surface area contributed by atoms with Gasteiger partial charge in [0, 0.05) is 17.6 Å². The number of aliphatic hydroxyl groups is 1. The summed E-state index contributed by atoms with van der Waals surface area (Å²) in [4.78, 5) is 0.292. The van der Waals surface area contributed by atoms with E-state index in [0.29, 0.717) is 23.4 Å². The molecule has 4 nitrogen and oxygen atoms in total. The van der Waals surface area contributed by atoms with E-state index in [2.05, 4.69) is 20.7 Å². The highest BCUT2D eigenvalue weighted by Crippen LogP contribution is 2.20. The van der Waals surface area contributed by atoms with Crippen LogP contribution >= 0.6 is 15.9 Å². The van der Waals surface area contributed by atoms with Crippen LogP contribution in [0.4, 0.5) is 0 Å². The van der Waals surface area contributed by atoms with Gasteiger partial charge in [0.25, 0.3) is 0 Å².